The fourth-order valence-corrected chi connectivity index (χ4v) is 4.34. The summed E-state index contributed by atoms with van der Waals surface area (Å²) in [5.41, 5.74) is 0.799. The lowest BCUT2D eigenvalue weighted by Crippen LogP contribution is -2.26. The Labute approximate surface area is 141 Å². The molecule has 1 aromatic heterocycles. The molecule has 0 fully saturated rings. The van der Waals surface area contributed by atoms with Crippen molar-refractivity contribution in [1.29, 1.82) is 0 Å². The molecular weight excluding hydrogens is 330 g/mol. The van der Waals surface area contributed by atoms with Crippen molar-refractivity contribution in [2.24, 2.45) is 0 Å². The molecule has 23 heavy (non-hydrogen) atoms. The normalized spacial score (nSPS) is 11.3. The number of carbonyl (C=O) groups is 1. The lowest BCUT2D eigenvalue weighted by molar-refractivity contribution is -0.121. The number of carbonyl (C=O) groups excluding carboxylic acids is 1. The number of amides is 1. The van der Waals surface area contributed by atoms with Crippen molar-refractivity contribution >= 4 is 27.1 Å². The van der Waals surface area contributed by atoms with Crippen molar-refractivity contribution in [2.45, 2.75) is 25.0 Å². The third-order valence-electron chi connectivity index (χ3n) is 3.36. The molecule has 2 rings (SSSR count). The van der Waals surface area contributed by atoms with Gasteiger partial charge in [-0.15, -0.1) is 11.3 Å². The molecule has 1 heterocycles. The van der Waals surface area contributed by atoms with Crippen molar-refractivity contribution in [2.75, 3.05) is 12.3 Å². The number of hydrogen-bond acceptors (Lipinski definition) is 4. The van der Waals surface area contributed by atoms with Crippen LogP contribution in [0.15, 0.2) is 47.8 Å². The fourth-order valence-electron chi connectivity index (χ4n) is 2.20. The fraction of sp³-hybridized carbons (Fsp3) is 0.353. The SMILES string of the molecule is O=C(CCc1cccs1)NCCCS(=O)(=O)Cc1ccccc1. The minimum absolute atomic E-state index is 0.0288. The van der Waals surface area contributed by atoms with Gasteiger partial charge >= 0.3 is 0 Å². The molecular formula is C17H21NO3S2. The highest BCUT2D eigenvalue weighted by Gasteiger charge is 2.11. The number of benzene rings is 1. The van der Waals surface area contributed by atoms with Crippen LogP contribution in [0.4, 0.5) is 0 Å². The molecule has 0 bridgehead atoms. The smallest absolute Gasteiger partial charge is 0.220 e. The number of thiophene rings is 1. The zero-order valence-corrected chi connectivity index (χ0v) is 14.5. The van der Waals surface area contributed by atoms with E-state index >= 15 is 0 Å². The molecule has 0 aliphatic rings. The van der Waals surface area contributed by atoms with Crippen LogP contribution in [0.3, 0.4) is 0 Å². The minimum atomic E-state index is -3.13. The Bertz CT molecular complexity index is 695. The average molecular weight is 351 g/mol. The van der Waals surface area contributed by atoms with Gasteiger partial charge in [0.15, 0.2) is 9.84 Å². The molecule has 0 unspecified atom stereocenters. The summed E-state index contributed by atoms with van der Waals surface area (Å²) in [5.74, 6) is 0.117. The van der Waals surface area contributed by atoms with E-state index < -0.39 is 9.84 Å². The molecule has 0 aliphatic heterocycles. The molecule has 0 radical (unpaired) electrons. The third kappa shape index (κ3) is 6.97. The van der Waals surface area contributed by atoms with Crippen LogP contribution in [0.5, 0.6) is 0 Å². The number of aryl methyl sites for hydroxylation is 1. The first-order valence-electron chi connectivity index (χ1n) is 7.58. The molecule has 1 aromatic carbocycles. The molecule has 1 N–H and O–H groups in total. The van der Waals surface area contributed by atoms with Crippen molar-refractivity contribution in [3.63, 3.8) is 0 Å². The van der Waals surface area contributed by atoms with E-state index in [1.165, 1.54) is 4.88 Å². The summed E-state index contributed by atoms with van der Waals surface area (Å²) >= 11 is 1.64. The number of rotatable bonds is 9. The summed E-state index contributed by atoms with van der Waals surface area (Å²) in [6, 6.07) is 13.1. The third-order valence-corrected chi connectivity index (χ3v) is 5.98. The highest BCUT2D eigenvalue weighted by molar-refractivity contribution is 7.90. The van der Waals surface area contributed by atoms with E-state index in [0.717, 1.165) is 12.0 Å². The van der Waals surface area contributed by atoms with Gasteiger partial charge in [-0.1, -0.05) is 36.4 Å². The van der Waals surface area contributed by atoms with Crippen LogP contribution in [0.2, 0.25) is 0 Å². The first-order valence-corrected chi connectivity index (χ1v) is 10.3. The first-order chi connectivity index (χ1) is 11.1. The van der Waals surface area contributed by atoms with Gasteiger partial charge in [0, 0.05) is 17.8 Å². The first kappa shape index (κ1) is 17.7. The lowest BCUT2D eigenvalue weighted by Gasteiger charge is -2.06. The molecule has 0 saturated heterocycles. The van der Waals surface area contributed by atoms with Crippen LogP contribution in [-0.4, -0.2) is 26.6 Å². The quantitative estimate of drug-likeness (QED) is 0.707. The molecule has 4 nitrogen and oxygen atoms in total. The van der Waals surface area contributed by atoms with Crippen LogP contribution >= 0.6 is 11.3 Å². The summed E-state index contributed by atoms with van der Waals surface area (Å²) in [6.07, 6.45) is 1.62. The average Bonchev–Trinajstić information content (AvgIpc) is 3.03. The monoisotopic (exact) mass is 351 g/mol. The second-order valence-electron chi connectivity index (χ2n) is 5.36. The molecule has 0 atom stereocenters. The van der Waals surface area contributed by atoms with Crippen LogP contribution in [0.25, 0.3) is 0 Å². The maximum absolute atomic E-state index is 12.0. The van der Waals surface area contributed by atoms with Gasteiger partial charge in [0.25, 0.3) is 0 Å². The summed E-state index contributed by atoms with van der Waals surface area (Å²) in [5, 5.41) is 4.77. The van der Waals surface area contributed by atoms with Gasteiger partial charge < -0.3 is 5.32 Å². The minimum Gasteiger partial charge on any atom is -0.356 e. The Kier molecular flexibility index (Phi) is 6.80. The van der Waals surface area contributed by atoms with Crippen molar-refractivity contribution in [1.82, 2.24) is 5.32 Å². The van der Waals surface area contributed by atoms with Gasteiger partial charge in [-0.3, -0.25) is 4.79 Å². The van der Waals surface area contributed by atoms with Gasteiger partial charge in [0.05, 0.1) is 11.5 Å². The van der Waals surface area contributed by atoms with Crippen molar-refractivity contribution in [3.05, 3.63) is 58.3 Å². The largest absolute Gasteiger partial charge is 0.356 e. The summed E-state index contributed by atoms with van der Waals surface area (Å²) in [6.45, 7) is 0.400. The maximum atomic E-state index is 12.0. The highest BCUT2D eigenvalue weighted by Crippen LogP contribution is 2.10. The van der Waals surface area contributed by atoms with Crippen LogP contribution in [0, 0.1) is 0 Å². The Hall–Kier alpha value is -1.66. The predicted octanol–water partition coefficient (Wildman–Crippen LogP) is 2.80. The van der Waals surface area contributed by atoms with E-state index in [4.69, 9.17) is 0 Å². The molecule has 0 spiro atoms. The van der Waals surface area contributed by atoms with Crippen LogP contribution < -0.4 is 5.32 Å². The van der Waals surface area contributed by atoms with Gasteiger partial charge in [-0.2, -0.15) is 0 Å². The number of sulfone groups is 1. The Morgan fingerprint density at radius 3 is 2.57 bits per heavy atom. The van der Waals surface area contributed by atoms with E-state index in [2.05, 4.69) is 5.32 Å². The second kappa shape index (κ2) is 8.84. The van der Waals surface area contributed by atoms with Crippen molar-refractivity contribution < 1.29 is 13.2 Å². The van der Waals surface area contributed by atoms with Crippen molar-refractivity contribution in [3.8, 4) is 0 Å². The number of hydrogen-bond donors (Lipinski definition) is 1. The van der Waals surface area contributed by atoms with Gasteiger partial charge in [-0.25, -0.2) is 8.42 Å². The summed E-state index contributed by atoms with van der Waals surface area (Å²) < 4.78 is 24.0. The molecule has 0 aliphatic carbocycles. The topological polar surface area (TPSA) is 63.2 Å². The zero-order valence-electron chi connectivity index (χ0n) is 12.9. The second-order valence-corrected chi connectivity index (χ2v) is 8.58. The predicted molar refractivity (Wildman–Crippen MR) is 94.2 cm³/mol. The Morgan fingerprint density at radius 1 is 1.09 bits per heavy atom. The Balaban J connectivity index is 1.63. The molecule has 6 heteroatoms. The lowest BCUT2D eigenvalue weighted by atomic mass is 10.2. The van der Waals surface area contributed by atoms with E-state index in [-0.39, 0.29) is 17.4 Å². The van der Waals surface area contributed by atoms with E-state index in [1.807, 2.05) is 47.8 Å². The molecule has 2 aromatic rings. The molecule has 124 valence electrons. The van der Waals surface area contributed by atoms with E-state index in [9.17, 15) is 13.2 Å². The highest BCUT2D eigenvalue weighted by atomic mass is 32.2. The summed E-state index contributed by atoms with van der Waals surface area (Å²) in [7, 11) is -3.13. The van der Waals surface area contributed by atoms with E-state index in [0.29, 0.717) is 19.4 Å². The van der Waals surface area contributed by atoms with Gasteiger partial charge in [-0.05, 0) is 29.9 Å². The Morgan fingerprint density at radius 2 is 1.87 bits per heavy atom. The summed E-state index contributed by atoms with van der Waals surface area (Å²) in [4.78, 5) is 12.9. The van der Waals surface area contributed by atoms with E-state index in [1.54, 1.807) is 11.3 Å². The van der Waals surface area contributed by atoms with Crippen LogP contribution in [0.1, 0.15) is 23.3 Å². The van der Waals surface area contributed by atoms with Gasteiger partial charge in [0.1, 0.15) is 0 Å². The van der Waals surface area contributed by atoms with Gasteiger partial charge in [0.2, 0.25) is 5.91 Å². The molecule has 1 amide bonds. The van der Waals surface area contributed by atoms with Crippen LogP contribution in [-0.2, 0) is 26.8 Å². The standard InChI is InChI=1S/C17H21NO3S2/c19-17(10-9-16-8-4-12-22-16)18-11-5-13-23(20,21)14-15-6-2-1-3-7-15/h1-4,6-8,12H,5,9-11,13-14H2,(H,18,19). The zero-order chi connectivity index (χ0) is 16.5. The maximum Gasteiger partial charge on any atom is 0.220 e. The molecule has 0 saturated carbocycles. The number of nitrogens with one attached hydrogen (secondary N) is 1.